The van der Waals surface area contributed by atoms with Crippen molar-refractivity contribution >= 4 is 40.6 Å². The zero-order valence-corrected chi connectivity index (χ0v) is 11.3. The summed E-state index contributed by atoms with van der Waals surface area (Å²) < 4.78 is 0. The first-order valence-electron chi connectivity index (χ1n) is 5.32. The van der Waals surface area contributed by atoms with Crippen LogP contribution in [0.25, 0.3) is 6.08 Å². The highest BCUT2D eigenvalue weighted by Gasteiger charge is 2.11. The maximum absolute atomic E-state index is 12.0. The number of aliphatic carboxylic acids is 1. The third-order valence-corrected chi connectivity index (χ3v) is 3.90. The monoisotopic (exact) mass is 294 g/mol. The molecule has 0 saturated heterocycles. The van der Waals surface area contributed by atoms with Crippen LogP contribution in [-0.2, 0) is 11.3 Å². The lowest BCUT2D eigenvalue weighted by Crippen LogP contribution is -2.22. The molecule has 0 aliphatic heterocycles. The van der Waals surface area contributed by atoms with Crippen molar-refractivity contribution in [2.24, 2.45) is 0 Å². The first kappa shape index (κ1) is 13.4. The molecule has 0 fully saturated rings. The Morgan fingerprint density at radius 2 is 2.21 bits per heavy atom. The molecule has 0 aliphatic rings. The minimum Gasteiger partial charge on any atom is -0.478 e. The Balaban J connectivity index is 2.03. The van der Waals surface area contributed by atoms with Crippen LogP contribution < -0.4 is 5.32 Å². The number of aromatic nitrogens is 1. The van der Waals surface area contributed by atoms with Gasteiger partial charge in [0.05, 0.1) is 11.4 Å². The van der Waals surface area contributed by atoms with E-state index in [2.05, 4.69) is 10.3 Å². The summed E-state index contributed by atoms with van der Waals surface area (Å²) in [5.74, 6) is -1.27. The number of nitrogens with zero attached hydrogens (tertiary/aromatic N) is 1. The van der Waals surface area contributed by atoms with Crippen LogP contribution in [-0.4, -0.2) is 22.0 Å². The predicted octanol–water partition coefficient (Wildman–Crippen LogP) is 2.23. The summed E-state index contributed by atoms with van der Waals surface area (Å²) >= 11 is 2.74. The van der Waals surface area contributed by atoms with Crippen LogP contribution in [0, 0.1) is 0 Å². The first-order valence-corrected chi connectivity index (χ1v) is 7.08. The van der Waals surface area contributed by atoms with Crippen molar-refractivity contribution in [2.75, 3.05) is 0 Å². The van der Waals surface area contributed by atoms with E-state index < -0.39 is 5.97 Å². The molecule has 1 amide bonds. The number of carboxylic acid groups (broad SMARTS) is 1. The molecule has 0 unspecified atom stereocenters. The number of nitrogens with one attached hydrogen (secondary N) is 1. The van der Waals surface area contributed by atoms with Crippen LogP contribution >= 0.6 is 22.7 Å². The van der Waals surface area contributed by atoms with E-state index in [1.54, 1.807) is 17.6 Å². The largest absolute Gasteiger partial charge is 0.478 e. The van der Waals surface area contributed by atoms with E-state index >= 15 is 0 Å². The van der Waals surface area contributed by atoms with Crippen LogP contribution in [0.3, 0.4) is 0 Å². The third-order valence-electron chi connectivity index (χ3n) is 2.19. The molecule has 19 heavy (non-hydrogen) atoms. The Morgan fingerprint density at radius 3 is 2.89 bits per heavy atom. The molecule has 0 spiro atoms. The fraction of sp³-hybridized carbons (Fsp3) is 0.0833. The van der Waals surface area contributed by atoms with Gasteiger partial charge in [0.1, 0.15) is 5.01 Å². The van der Waals surface area contributed by atoms with E-state index in [1.807, 2.05) is 5.38 Å². The molecule has 0 atom stereocenters. The van der Waals surface area contributed by atoms with Gasteiger partial charge < -0.3 is 10.4 Å². The van der Waals surface area contributed by atoms with Gasteiger partial charge in [-0.2, -0.15) is 0 Å². The van der Waals surface area contributed by atoms with Gasteiger partial charge in [0.2, 0.25) is 0 Å². The molecule has 0 radical (unpaired) electrons. The number of thiazole rings is 1. The number of rotatable bonds is 5. The Hall–Kier alpha value is -1.99. The molecular weight excluding hydrogens is 284 g/mol. The van der Waals surface area contributed by atoms with Crippen molar-refractivity contribution < 1.29 is 14.7 Å². The summed E-state index contributed by atoms with van der Waals surface area (Å²) in [6.07, 6.45) is 4.11. The minimum atomic E-state index is -1.04. The second kappa shape index (κ2) is 6.26. The minimum absolute atomic E-state index is 0.227. The van der Waals surface area contributed by atoms with Crippen molar-refractivity contribution in [3.05, 3.63) is 44.5 Å². The molecule has 7 heteroatoms. The molecule has 0 aromatic carbocycles. The number of hydrogen-bond donors (Lipinski definition) is 2. The molecule has 0 aliphatic carbocycles. The Kier molecular flexibility index (Phi) is 4.43. The van der Waals surface area contributed by atoms with Gasteiger partial charge in [-0.25, -0.2) is 9.78 Å². The molecular formula is C12H10N2O3S2. The molecule has 2 aromatic rings. The standard InChI is InChI=1S/C12H10N2O3S2/c15-10(16)2-1-8-3-5-19-11(8)12(17)14-7-9-13-4-6-18-9/h1-6H,7H2,(H,14,17)(H,15,16). The molecule has 2 aromatic heterocycles. The average molecular weight is 294 g/mol. The van der Waals surface area contributed by atoms with E-state index in [0.29, 0.717) is 17.0 Å². The van der Waals surface area contributed by atoms with E-state index in [0.717, 1.165) is 11.1 Å². The number of thiophene rings is 1. The summed E-state index contributed by atoms with van der Waals surface area (Å²) in [5.41, 5.74) is 0.601. The van der Waals surface area contributed by atoms with Crippen LogP contribution in [0.15, 0.2) is 29.1 Å². The molecule has 2 rings (SSSR count). The third kappa shape index (κ3) is 3.73. The van der Waals surface area contributed by atoms with Gasteiger partial charge in [-0.1, -0.05) is 0 Å². The Morgan fingerprint density at radius 1 is 1.37 bits per heavy atom. The number of carboxylic acids is 1. The van der Waals surface area contributed by atoms with E-state index in [4.69, 9.17) is 5.11 Å². The molecule has 2 heterocycles. The highest BCUT2D eigenvalue weighted by atomic mass is 32.1. The number of carbonyl (C=O) groups is 2. The van der Waals surface area contributed by atoms with Crippen molar-refractivity contribution in [1.82, 2.24) is 10.3 Å². The maximum Gasteiger partial charge on any atom is 0.328 e. The Labute approximate surface area is 117 Å². The summed E-state index contributed by atoms with van der Waals surface area (Å²) in [6, 6.07) is 1.71. The highest BCUT2D eigenvalue weighted by molar-refractivity contribution is 7.12. The molecule has 0 saturated carbocycles. The Bertz CT molecular complexity index is 602. The molecule has 2 N–H and O–H groups in total. The smallest absolute Gasteiger partial charge is 0.328 e. The van der Waals surface area contributed by atoms with Gasteiger partial charge in [-0.3, -0.25) is 4.79 Å². The van der Waals surface area contributed by atoms with Gasteiger partial charge >= 0.3 is 5.97 Å². The SMILES string of the molecule is O=C(O)C=Cc1ccsc1C(=O)NCc1nccs1. The zero-order chi connectivity index (χ0) is 13.7. The van der Waals surface area contributed by atoms with Crippen molar-refractivity contribution in [3.63, 3.8) is 0 Å². The van der Waals surface area contributed by atoms with Gasteiger partial charge in [-0.05, 0) is 23.1 Å². The number of hydrogen-bond acceptors (Lipinski definition) is 5. The van der Waals surface area contributed by atoms with Crippen LogP contribution in [0.2, 0.25) is 0 Å². The second-order valence-electron chi connectivity index (χ2n) is 3.49. The number of carbonyl (C=O) groups excluding carboxylic acids is 1. The van der Waals surface area contributed by atoms with Gasteiger partial charge in [0, 0.05) is 17.7 Å². The van der Waals surface area contributed by atoms with E-state index in [9.17, 15) is 9.59 Å². The average Bonchev–Trinajstić information content (AvgIpc) is 3.04. The zero-order valence-electron chi connectivity index (χ0n) is 9.70. The summed E-state index contributed by atoms with van der Waals surface area (Å²) in [4.78, 5) is 27.0. The van der Waals surface area contributed by atoms with E-state index in [1.165, 1.54) is 28.7 Å². The van der Waals surface area contributed by atoms with Gasteiger partial charge in [0.25, 0.3) is 5.91 Å². The van der Waals surface area contributed by atoms with E-state index in [-0.39, 0.29) is 5.91 Å². The van der Waals surface area contributed by atoms with Crippen molar-refractivity contribution in [3.8, 4) is 0 Å². The summed E-state index contributed by atoms with van der Waals surface area (Å²) in [5, 5.41) is 15.8. The maximum atomic E-state index is 12.0. The quantitative estimate of drug-likeness (QED) is 0.829. The lowest BCUT2D eigenvalue weighted by Gasteiger charge is -2.02. The summed E-state index contributed by atoms with van der Waals surface area (Å²) in [7, 11) is 0. The van der Waals surface area contributed by atoms with Crippen LogP contribution in [0.5, 0.6) is 0 Å². The fourth-order valence-corrected chi connectivity index (χ4v) is 2.73. The number of amides is 1. The first-order chi connectivity index (χ1) is 9.16. The summed E-state index contributed by atoms with van der Waals surface area (Å²) in [6.45, 7) is 0.372. The fourth-order valence-electron chi connectivity index (χ4n) is 1.37. The van der Waals surface area contributed by atoms with Gasteiger partial charge in [0.15, 0.2) is 0 Å². The molecule has 0 bridgehead atoms. The lowest BCUT2D eigenvalue weighted by atomic mass is 10.2. The van der Waals surface area contributed by atoms with Crippen molar-refractivity contribution in [1.29, 1.82) is 0 Å². The normalized spacial score (nSPS) is 10.7. The molecule has 5 nitrogen and oxygen atoms in total. The predicted molar refractivity (Wildman–Crippen MR) is 74.3 cm³/mol. The van der Waals surface area contributed by atoms with Crippen molar-refractivity contribution in [2.45, 2.75) is 6.54 Å². The van der Waals surface area contributed by atoms with Gasteiger partial charge in [-0.15, -0.1) is 22.7 Å². The molecule has 98 valence electrons. The lowest BCUT2D eigenvalue weighted by molar-refractivity contribution is -0.131. The second-order valence-corrected chi connectivity index (χ2v) is 5.38. The topological polar surface area (TPSA) is 79.3 Å². The van der Waals surface area contributed by atoms with Crippen LogP contribution in [0.1, 0.15) is 20.2 Å². The van der Waals surface area contributed by atoms with Crippen LogP contribution in [0.4, 0.5) is 0 Å². The highest BCUT2D eigenvalue weighted by Crippen LogP contribution is 2.18.